The lowest BCUT2D eigenvalue weighted by molar-refractivity contribution is -0.122. The molecule has 0 radical (unpaired) electrons. The lowest BCUT2D eigenvalue weighted by atomic mass is 9.88. The molecule has 0 heterocycles. The highest BCUT2D eigenvalue weighted by Gasteiger charge is 2.21. The molecule has 0 bridgehead atoms. The molecule has 0 aliphatic heterocycles. The molecule has 1 amide bonds. The van der Waals surface area contributed by atoms with Crippen LogP contribution < -0.4 is 10.1 Å². The predicted octanol–water partition coefficient (Wildman–Crippen LogP) is 3.32. The molecule has 4 heteroatoms. The van der Waals surface area contributed by atoms with Crippen molar-refractivity contribution in [2.45, 2.75) is 31.8 Å². The quantitative estimate of drug-likeness (QED) is 0.878. The first-order valence-corrected chi connectivity index (χ1v) is 8.84. The number of benzene rings is 2. The minimum atomic E-state index is 0.0812. The summed E-state index contributed by atoms with van der Waals surface area (Å²) in [5.41, 5.74) is 3.81. The molecule has 3 rings (SSSR count). The fraction of sp³-hybridized carbons (Fsp3) is 0.381. The number of nitrogens with one attached hydrogen (secondary N) is 1. The molecule has 0 fully saturated rings. The highest BCUT2D eigenvalue weighted by molar-refractivity contribution is 5.78. The minimum Gasteiger partial charge on any atom is -0.497 e. The normalized spacial score (nSPS) is 16.4. The number of carbonyl (C=O) groups is 1. The molecule has 0 spiro atoms. The van der Waals surface area contributed by atoms with Crippen molar-refractivity contribution in [2.75, 3.05) is 20.7 Å². The molecule has 4 nitrogen and oxygen atoms in total. The number of hydrogen-bond donors (Lipinski definition) is 1. The van der Waals surface area contributed by atoms with E-state index in [1.54, 1.807) is 7.11 Å². The zero-order chi connectivity index (χ0) is 17.6. The number of rotatable bonds is 6. The van der Waals surface area contributed by atoms with Gasteiger partial charge in [0.05, 0.1) is 19.7 Å². The van der Waals surface area contributed by atoms with E-state index in [1.807, 2.05) is 36.2 Å². The van der Waals surface area contributed by atoms with E-state index in [0.717, 1.165) is 31.6 Å². The van der Waals surface area contributed by atoms with Gasteiger partial charge in [-0.25, -0.2) is 0 Å². The summed E-state index contributed by atoms with van der Waals surface area (Å²) >= 11 is 0. The molecule has 2 aromatic carbocycles. The van der Waals surface area contributed by atoms with Crippen LogP contribution in [-0.4, -0.2) is 31.5 Å². The third-order valence-corrected chi connectivity index (χ3v) is 4.73. The first kappa shape index (κ1) is 17.5. The van der Waals surface area contributed by atoms with Gasteiger partial charge >= 0.3 is 0 Å². The van der Waals surface area contributed by atoms with Gasteiger partial charge in [0.25, 0.3) is 0 Å². The third-order valence-electron chi connectivity index (χ3n) is 4.73. The third kappa shape index (κ3) is 4.60. The van der Waals surface area contributed by atoms with Gasteiger partial charge in [-0.3, -0.25) is 9.69 Å². The fourth-order valence-corrected chi connectivity index (χ4v) is 3.49. The largest absolute Gasteiger partial charge is 0.497 e. The Hall–Kier alpha value is -2.33. The van der Waals surface area contributed by atoms with Crippen LogP contribution in [0.2, 0.25) is 0 Å². The van der Waals surface area contributed by atoms with Gasteiger partial charge < -0.3 is 10.1 Å². The van der Waals surface area contributed by atoms with E-state index in [9.17, 15) is 4.79 Å². The van der Waals surface area contributed by atoms with E-state index >= 15 is 0 Å². The van der Waals surface area contributed by atoms with E-state index in [1.165, 1.54) is 16.7 Å². The maximum atomic E-state index is 12.4. The van der Waals surface area contributed by atoms with Gasteiger partial charge in [-0.2, -0.15) is 0 Å². The Bertz CT molecular complexity index is 712. The number of nitrogens with zero attached hydrogens (tertiary/aromatic N) is 1. The summed E-state index contributed by atoms with van der Waals surface area (Å²) in [5.74, 6) is 0.929. The molecular formula is C21H26N2O2. The second-order valence-electron chi connectivity index (χ2n) is 6.73. The van der Waals surface area contributed by atoms with Gasteiger partial charge in [0.1, 0.15) is 5.75 Å². The Morgan fingerprint density at radius 2 is 1.96 bits per heavy atom. The van der Waals surface area contributed by atoms with Crippen molar-refractivity contribution in [2.24, 2.45) is 0 Å². The Morgan fingerprint density at radius 1 is 1.20 bits per heavy atom. The maximum Gasteiger partial charge on any atom is 0.234 e. The van der Waals surface area contributed by atoms with E-state index in [-0.39, 0.29) is 11.9 Å². The monoisotopic (exact) mass is 338 g/mol. The average molecular weight is 338 g/mol. The molecule has 1 unspecified atom stereocenters. The molecule has 0 aromatic heterocycles. The molecule has 1 aliphatic rings. The van der Waals surface area contributed by atoms with Gasteiger partial charge in [-0.1, -0.05) is 36.4 Å². The Balaban J connectivity index is 1.54. The number of fused-ring (bicyclic) bond motifs is 1. The molecule has 132 valence electrons. The summed E-state index contributed by atoms with van der Waals surface area (Å²) in [4.78, 5) is 14.5. The lowest BCUT2D eigenvalue weighted by Crippen LogP contribution is -2.38. The zero-order valence-corrected chi connectivity index (χ0v) is 15.0. The summed E-state index contributed by atoms with van der Waals surface area (Å²) in [6, 6.07) is 16.5. The van der Waals surface area contributed by atoms with Crippen molar-refractivity contribution in [1.29, 1.82) is 0 Å². The average Bonchev–Trinajstić information content (AvgIpc) is 2.62. The second-order valence-corrected chi connectivity index (χ2v) is 6.73. The topological polar surface area (TPSA) is 41.6 Å². The first-order valence-electron chi connectivity index (χ1n) is 8.84. The Morgan fingerprint density at radius 3 is 2.72 bits per heavy atom. The maximum absolute atomic E-state index is 12.4. The number of carbonyl (C=O) groups excluding carboxylic acids is 1. The van der Waals surface area contributed by atoms with E-state index in [0.29, 0.717) is 6.54 Å². The van der Waals surface area contributed by atoms with Crippen LogP contribution in [0.1, 0.15) is 35.6 Å². The highest BCUT2D eigenvalue weighted by atomic mass is 16.5. The van der Waals surface area contributed by atoms with Gasteiger partial charge in [0.2, 0.25) is 5.91 Å². The van der Waals surface area contributed by atoms with Crippen molar-refractivity contribution >= 4 is 5.91 Å². The first-order chi connectivity index (χ1) is 12.2. The summed E-state index contributed by atoms with van der Waals surface area (Å²) in [7, 11) is 3.63. The standard InChI is InChI=1S/C21H26N2O2/c1-23(14-16-10-12-18(25-2)13-11-16)15-21(24)22-20-9-5-7-17-6-3-4-8-19(17)20/h3-4,6,8,10-13,20H,5,7,9,14-15H2,1-2H3,(H,22,24). The van der Waals surface area contributed by atoms with Gasteiger partial charge in [-0.15, -0.1) is 0 Å². The SMILES string of the molecule is COc1ccc(CN(C)CC(=O)NC2CCCc3ccccc32)cc1. The van der Waals surface area contributed by atoms with Crippen molar-refractivity contribution in [3.8, 4) is 5.75 Å². The van der Waals surface area contributed by atoms with Crippen LogP contribution in [0, 0.1) is 0 Å². The Kier molecular flexibility index (Phi) is 5.71. The predicted molar refractivity (Wildman–Crippen MR) is 99.6 cm³/mol. The van der Waals surface area contributed by atoms with Crippen LogP contribution in [0.15, 0.2) is 48.5 Å². The highest BCUT2D eigenvalue weighted by Crippen LogP contribution is 2.29. The van der Waals surface area contributed by atoms with Crippen LogP contribution in [0.4, 0.5) is 0 Å². The van der Waals surface area contributed by atoms with Crippen molar-refractivity contribution in [3.05, 3.63) is 65.2 Å². The van der Waals surface area contributed by atoms with Gasteiger partial charge in [0.15, 0.2) is 0 Å². The number of ether oxygens (including phenoxy) is 1. The van der Waals surface area contributed by atoms with Crippen molar-refractivity contribution < 1.29 is 9.53 Å². The van der Waals surface area contributed by atoms with Crippen molar-refractivity contribution in [1.82, 2.24) is 10.2 Å². The summed E-state index contributed by atoms with van der Waals surface area (Å²) in [6.45, 7) is 1.13. The molecular weight excluding hydrogens is 312 g/mol. The summed E-state index contributed by atoms with van der Waals surface area (Å²) < 4.78 is 5.17. The number of hydrogen-bond acceptors (Lipinski definition) is 3. The summed E-state index contributed by atoms with van der Waals surface area (Å²) in [5, 5.41) is 3.21. The van der Waals surface area contributed by atoms with E-state index in [2.05, 4.69) is 29.6 Å². The van der Waals surface area contributed by atoms with Gasteiger partial charge in [0, 0.05) is 6.54 Å². The van der Waals surface area contributed by atoms with E-state index < -0.39 is 0 Å². The van der Waals surface area contributed by atoms with Crippen LogP contribution in [0.5, 0.6) is 5.75 Å². The van der Waals surface area contributed by atoms with Gasteiger partial charge in [-0.05, 0) is 55.1 Å². The molecule has 1 N–H and O–H groups in total. The molecule has 0 saturated heterocycles. The van der Waals surface area contributed by atoms with E-state index in [4.69, 9.17) is 4.74 Å². The number of methoxy groups -OCH3 is 1. The zero-order valence-electron chi connectivity index (χ0n) is 15.0. The van der Waals surface area contributed by atoms with Crippen LogP contribution in [0.3, 0.4) is 0 Å². The fourth-order valence-electron chi connectivity index (χ4n) is 3.49. The lowest BCUT2D eigenvalue weighted by Gasteiger charge is -2.27. The molecule has 1 atom stereocenters. The smallest absolute Gasteiger partial charge is 0.234 e. The number of likely N-dealkylation sites (N-methyl/N-ethyl adjacent to an activating group) is 1. The molecule has 2 aromatic rings. The Labute approximate surface area is 149 Å². The molecule has 0 saturated carbocycles. The molecule has 25 heavy (non-hydrogen) atoms. The number of amides is 1. The summed E-state index contributed by atoms with van der Waals surface area (Å²) in [6.07, 6.45) is 3.26. The van der Waals surface area contributed by atoms with Crippen LogP contribution >= 0.6 is 0 Å². The van der Waals surface area contributed by atoms with Crippen LogP contribution in [0.25, 0.3) is 0 Å². The minimum absolute atomic E-state index is 0.0812. The second kappa shape index (κ2) is 8.17. The number of aryl methyl sites for hydroxylation is 1. The van der Waals surface area contributed by atoms with Crippen molar-refractivity contribution in [3.63, 3.8) is 0 Å². The molecule has 1 aliphatic carbocycles. The van der Waals surface area contributed by atoms with Crippen LogP contribution in [-0.2, 0) is 17.8 Å².